The third kappa shape index (κ3) is 3.06. The molecule has 1 atom stereocenters. The average Bonchev–Trinajstić information content (AvgIpc) is 3.52. The minimum absolute atomic E-state index is 0.195. The predicted octanol–water partition coefficient (Wildman–Crippen LogP) is 6.13. The molecule has 1 unspecified atom stereocenters. The second kappa shape index (κ2) is 7.46. The van der Waals surface area contributed by atoms with Crippen molar-refractivity contribution in [3.63, 3.8) is 0 Å². The molecule has 0 aliphatic carbocycles. The zero-order chi connectivity index (χ0) is 21.5. The number of halogens is 1. The molecule has 32 heavy (non-hydrogen) atoms. The van der Waals surface area contributed by atoms with Gasteiger partial charge in [-0.25, -0.2) is 14.4 Å². The van der Waals surface area contributed by atoms with Crippen molar-refractivity contribution in [2.24, 2.45) is 0 Å². The normalized spacial score (nSPS) is 12.4. The van der Waals surface area contributed by atoms with Crippen molar-refractivity contribution in [1.29, 1.82) is 0 Å². The third-order valence-corrected chi connectivity index (χ3v) is 5.90. The first-order valence-corrected chi connectivity index (χ1v) is 10.5. The van der Waals surface area contributed by atoms with Gasteiger partial charge in [-0.2, -0.15) is 0 Å². The monoisotopic (exact) mass is 418 g/mol. The van der Waals surface area contributed by atoms with Gasteiger partial charge in [0.05, 0.1) is 17.9 Å². The first-order chi connectivity index (χ1) is 15.8. The van der Waals surface area contributed by atoms with Gasteiger partial charge in [0.15, 0.2) is 0 Å². The van der Waals surface area contributed by atoms with Crippen LogP contribution in [0.3, 0.4) is 0 Å². The molecule has 3 heterocycles. The van der Waals surface area contributed by atoms with Gasteiger partial charge in [-0.15, -0.1) is 0 Å². The van der Waals surface area contributed by atoms with E-state index in [4.69, 9.17) is 0 Å². The number of benzene rings is 3. The van der Waals surface area contributed by atoms with E-state index in [9.17, 15) is 4.39 Å². The molecule has 0 fully saturated rings. The largest absolute Gasteiger partial charge is 0.326 e. The summed E-state index contributed by atoms with van der Waals surface area (Å²) >= 11 is 0. The minimum atomic E-state index is -0.251. The van der Waals surface area contributed by atoms with E-state index in [0.29, 0.717) is 0 Å². The second-order valence-electron chi connectivity index (χ2n) is 7.82. The Balaban J connectivity index is 1.63. The van der Waals surface area contributed by atoms with Gasteiger partial charge in [-0.05, 0) is 52.6 Å². The van der Waals surface area contributed by atoms with Crippen molar-refractivity contribution >= 4 is 16.6 Å². The Morgan fingerprint density at radius 1 is 0.781 bits per heavy atom. The molecule has 0 radical (unpaired) electrons. The summed E-state index contributed by atoms with van der Waals surface area (Å²) in [6, 6.07) is 25.4. The molecule has 0 spiro atoms. The van der Waals surface area contributed by atoms with E-state index in [2.05, 4.69) is 50.8 Å². The zero-order valence-electron chi connectivity index (χ0n) is 17.1. The van der Waals surface area contributed by atoms with E-state index in [-0.39, 0.29) is 11.9 Å². The van der Waals surface area contributed by atoms with Crippen molar-refractivity contribution < 1.29 is 4.39 Å². The third-order valence-electron chi connectivity index (χ3n) is 5.90. The maximum atomic E-state index is 14.1. The average molecular weight is 418 g/mol. The molecule has 154 valence electrons. The van der Waals surface area contributed by atoms with Crippen molar-refractivity contribution in [1.82, 2.24) is 18.9 Å². The lowest BCUT2D eigenvalue weighted by atomic mass is 9.94. The summed E-state index contributed by atoms with van der Waals surface area (Å²) in [6.07, 6.45) is 9.23. The van der Waals surface area contributed by atoms with E-state index in [1.165, 1.54) is 6.07 Å². The molecule has 0 saturated heterocycles. The molecule has 0 aliphatic rings. The lowest BCUT2D eigenvalue weighted by Crippen LogP contribution is -2.11. The highest BCUT2D eigenvalue weighted by atomic mass is 19.1. The van der Waals surface area contributed by atoms with Crippen molar-refractivity contribution in [3.8, 4) is 11.1 Å². The summed E-state index contributed by atoms with van der Waals surface area (Å²) in [6.45, 7) is 0. The Morgan fingerprint density at radius 2 is 1.66 bits per heavy atom. The highest BCUT2D eigenvalue weighted by Crippen LogP contribution is 2.35. The Kier molecular flexibility index (Phi) is 4.32. The van der Waals surface area contributed by atoms with Crippen molar-refractivity contribution in [3.05, 3.63) is 127 Å². The van der Waals surface area contributed by atoms with Gasteiger partial charge in [0.2, 0.25) is 0 Å². The minimum Gasteiger partial charge on any atom is -0.326 e. The Morgan fingerprint density at radius 3 is 2.47 bits per heavy atom. The highest BCUT2D eigenvalue weighted by Gasteiger charge is 2.19. The van der Waals surface area contributed by atoms with Crippen LogP contribution in [0.15, 0.2) is 110 Å². The number of hydrogen-bond acceptors (Lipinski definition) is 2. The second-order valence-corrected chi connectivity index (χ2v) is 7.82. The lowest BCUT2D eigenvalue weighted by molar-refractivity contribution is 0.615. The van der Waals surface area contributed by atoms with E-state index in [1.807, 2.05) is 47.4 Å². The van der Waals surface area contributed by atoms with Gasteiger partial charge in [0.1, 0.15) is 11.5 Å². The van der Waals surface area contributed by atoms with Crippen LogP contribution < -0.4 is 0 Å². The van der Waals surface area contributed by atoms with Crippen LogP contribution >= 0.6 is 0 Å². The van der Waals surface area contributed by atoms with Crippen molar-refractivity contribution in [2.75, 3.05) is 0 Å². The molecular weight excluding hydrogens is 399 g/mol. The van der Waals surface area contributed by atoms with Crippen LogP contribution in [0, 0.1) is 5.82 Å². The number of aromatic nitrogens is 4. The number of pyridine rings is 1. The molecule has 0 bridgehead atoms. The van der Waals surface area contributed by atoms with Crippen LogP contribution in [-0.2, 0) is 0 Å². The molecule has 5 heteroatoms. The number of imidazole rings is 2. The maximum Gasteiger partial charge on any atom is 0.137 e. The van der Waals surface area contributed by atoms with E-state index in [1.54, 1.807) is 24.7 Å². The fraction of sp³-hybridized carbons (Fsp3) is 0.0370. The number of hydrogen-bond donors (Lipinski definition) is 0. The lowest BCUT2D eigenvalue weighted by Gasteiger charge is -2.21. The van der Waals surface area contributed by atoms with E-state index < -0.39 is 0 Å². The fourth-order valence-corrected chi connectivity index (χ4v) is 4.47. The quantitative estimate of drug-likeness (QED) is 0.345. The Hall–Kier alpha value is -4.25. The summed E-state index contributed by atoms with van der Waals surface area (Å²) < 4.78 is 18.2. The predicted molar refractivity (Wildman–Crippen MR) is 124 cm³/mol. The molecule has 0 aliphatic heterocycles. The summed E-state index contributed by atoms with van der Waals surface area (Å²) in [4.78, 5) is 8.75. The molecule has 6 aromatic rings. The standard InChI is InChI=1S/C27H19FN4/c28-22-8-4-7-20(15-22)27(31-13-11-29-18-31)21-9-10-25-24(16-21)23(19-5-2-1-3-6-19)17-26-30-12-14-32(25)26/h1-18,27H. The van der Waals surface area contributed by atoms with Crippen LogP contribution in [-0.4, -0.2) is 18.9 Å². The van der Waals surface area contributed by atoms with Gasteiger partial charge in [0, 0.05) is 30.2 Å². The number of rotatable bonds is 4. The van der Waals surface area contributed by atoms with Gasteiger partial charge < -0.3 is 4.57 Å². The summed E-state index contributed by atoms with van der Waals surface area (Å²) in [5.41, 5.74) is 6.14. The molecule has 0 saturated carbocycles. The van der Waals surface area contributed by atoms with Gasteiger partial charge in [-0.3, -0.25) is 4.40 Å². The van der Waals surface area contributed by atoms with Crippen LogP contribution in [0.2, 0.25) is 0 Å². The van der Waals surface area contributed by atoms with E-state index >= 15 is 0 Å². The molecule has 0 amide bonds. The van der Waals surface area contributed by atoms with Crippen LogP contribution in [0.4, 0.5) is 4.39 Å². The molecule has 4 nitrogen and oxygen atoms in total. The topological polar surface area (TPSA) is 35.1 Å². The zero-order valence-corrected chi connectivity index (χ0v) is 17.1. The summed E-state index contributed by atoms with van der Waals surface area (Å²) in [5, 5.41) is 1.11. The fourth-order valence-electron chi connectivity index (χ4n) is 4.47. The molecular formula is C27H19FN4. The van der Waals surface area contributed by atoms with Crippen LogP contribution in [0.1, 0.15) is 17.2 Å². The van der Waals surface area contributed by atoms with E-state index in [0.717, 1.165) is 38.8 Å². The van der Waals surface area contributed by atoms with Gasteiger partial charge >= 0.3 is 0 Å². The number of nitrogens with zero attached hydrogens (tertiary/aromatic N) is 4. The molecule has 3 aromatic heterocycles. The van der Waals surface area contributed by atoms with Gasteiger partial charge in [-0.1, -0.05) is 48.5 Å². The smallest absolute Gasteiger partial charge is 0.137 e. The van der Waals surface area contributed by atoms with Crippen LogP contribution in [0.25, 0.3) is 27.7 Å². The summed E-state index contributed by atoms with van der Waals surface area (Å²) in [7, 11) is 0. The maximum absolute atomic E-state index is 14.1. The molecule has 6 rings (SSSR count). The SMILES string of the molecule is Fc1cccc(C(c2ccc3c(c2)c(-c2ccccc2)cc2nccn23)n2ccnc2)c1. The molecule has 3 aromatic carbocycles. The molecule has 0 N–H and O–H groups in total. The summed E-state index contributed by atoms with van der Waals surface area (Å²) in [5.74, 6) is -0.251. The Bertz CT molecular complexity index is 1530. The first kappa shape index (κ1) is 18.5. The van der Waals surface area contributed by atoms with Crippen molar-refractivity contribution in [2.45, 2.75) is 6.04 Å². The first-order valence-electron chi connectivity index (χ1n) is 10.5. The highest BCUT2D eigenvalue weighted by molar-refractivity contribution is 5.97. The number of fused-ring (bicyclic) bond motifs is 3. The Labute approximate surface area is 184 Å². The van der Waals surface area contributed by atoms with Crippen LogP contribution in [0.5, 0.6) is 0 Å². The van der Waals surface area contributed by atoms with Gasteiger partial charge in [0.25, 0.3) is 0 Å².